The van der Waals surface area contributed by atoms with Crippen LogP contribution in [-0.2, 0) is 9.59 Å². The monoisotopic (exact) mass is 336 g/mol. The van der Waals surface area contributed by atoms with E-state index >= 15 is 0 Å². The number of nitrogens with zero attached hydrogens (tertiary/aromatic N) is 1. The van der Waals surface area contributed by atoms with E-state index in [0.717, 1.165) is 25.7 Å². The second kappa shape index (κ2) is 8.13. The normalized spacial score (nSPS) is 20.3. The van der Waals surface area contributed by atoms with Crippen molar-refractivity contribution in [1.29, 1.82) is 0 Å². The first-order chi connectivity index (χ1) is 11.4. The number of benzene rings is 1. The lowest BCUT2D eigenvalue weighted by Crippen LogP contribution is -2.28. The number of rotatable bonds is 5. The second-order valence-electron chi connectivity index (χ2n) is 6.68. The zero-order valence-corrected chi connectivity index (χ0v) is 14.5. The lowest BCUT2D eigenvalue weighted by Gasteiger charge is -2.25. The van der Waals surface area contributed by atoms with Crippen LogP contribution in [0.5, 0.6) is 5.75 Å². The molecule has 1 aliphatic rings. The summed E-state index contributed by atoms with van der Waals surface area (Å²) in [5.41, 5.74) is 0.143. The molecule has 1 fully saturated rings. The summed E-state index contributed by atoms with van der Waals surface area (Å²) in [6.07, 6.45) is 3.89. The van der Waals surface area contributed by atoms with Crippen LogP contribution in [0.25, 0.3) is 0 Å². The maximum absolute atomic E-state index is 14.1. The van der Waals surface area contributed by atoms with E-state index in [-0.39, 0.29) is 35.8 Å². The SMILES string of the molecule is C[C@H]1CCC[C@H](C(=O)Nc2ccc(OCC(=O)N(C)C)cc2F)C1. The summed E-state index contributed by atoms with van der Waals surface area (Å²) in [4.78, 5) is 25.1. The van der Waals surface area contributed by atoms with Gasteiger partial charge in [0, 0.05) is 26.1 Å². The van der Waals surface area contributed by atoms with Crippen molar-refractivity contribution < 1.29 is 18.7 Å². The largest absolute Gasteiger partial charge is 0.484 e. The first-order valence-electron chi connectivity index (χ1n) is 8.30. The van der Waals surface area contributed by atoms with E-state index in [4.69, 9.17) is 4.74 Å². The number of hydrogen-bond donors (Lipinski definition) is 1. The van der Waals surface area contributed by atoms with E-state index in [1.54, 1.807) is 20.2 Å². The molecule has 0 bridgehead atoms. The minimum absolute atomic E-state index is 0.0539. The van der Waals surface area contributed by atoms with Crippen LogP contribution < -0.4 is 10.1 Å². The first kappa shape index (κ1) is 18.2. The van der Waals surface area contributed by atoms with Crippen LogP contribution >= 0.6 is 0 Å². The Kier molecular flexibility index (Phi) is 6.17. The third-order valence-corrected chi connectivity index (χ3v) is 4.37. The van der Waals surface area contributed by atoms with Gasteiger partial charge in [-0.25, -0.2) is 4.39 Å². The molecule has 1 saturated carbocycles. The van der Waals surface area contributed by atoms with Gasteiger partial charge in [0.2, 0.25) is 5.91 Å². The molecule has 24 heavy (non-hydrogen) atoms. The van der Waals surface area contributed by atoms with Gasteiger partial charge in [-0.1, -0.05) is 19.8 Å². The number of anilines is 1. The molecular formula is C18H25FN2O3. The van der Waals surface area contributed by atoms with Crippen molar-refractivity contribution in [2.45, 2.75) is 32.6 Å². The van der Waals surface area contributed by atoms with Crippen LogP contribution in [0.2, 0.25) is 0 Å². The van der Waals surface area contributed by atoms with Gasteiger partial charge in [0.05, 0.1) is 5.69 Å². The number of amides is 2. The van der Waals surface area contributed by atoms with Crippen molar-refractivity contribution in [2.75, 3.05) is 26.0 Å². The van der Waals surface area contributed by atoms with Gasteiger partial charge in [-0.05, 0) is 30.9 Å². The maximum Gasteiger partial charge on any atom is 0.259 e. The maximum atomic E-state index is 14.1. The quantitative estimate of drug-likeness (QED) is 0.899. The average molecular weight is 336 g/mol. The van der Waals surface area contributed by atoms with Crippen LogP contribution in [0.1, 0.15) is 32.6 Å². The van der Waals surface area contributed by atoms with Crippen molar-refractivity contribution in [3.63, 3.8) is 0 Å². The Balaban J connectivity index is 1.94. The molecule has 0 spiro atoms. The minimum Gasteiger partial charge on any atom is -0.484 e. The molecule has 132 valence electrons. The van der Waals surface area contributed by atoms with Crippen LogP contribution in [0.15, 0.2) is 18.2 Å². The van der Waals surface area contributed by atoms with E-state index in [1.165, 1.54) is 17.0 Å². The molecule has 1 aliphatic carbocycles. The van der Waals surface area contributed by atoms with Crippen molar-refractivity contribution >= 4 is 17.5 Å². The van der Waals surface area contributed by atoms with E-state index in [0.29, 0.717) is 5.92 Å². The lowest BCUT2D eigenvalue weighted by molar-refractivity contribution is -0.130. The lowest BCUT2D eigenvalue weighted by atomic mass is 9.82. The average Bonchev–Trinajstić information content (AvgIpc) is 2.54. The van der Waals surface area contributed by atoms with E-state index < -0.39 is 5.82 Å². The Morgan fingerprint density at radius 3 is 2.71 bits per heavy atom. The summed E-state index contributed by atoms with van der Waals surface area (Å²) in [5, 5.41) is 2.67. The zero-order valence-electron chi connectivity index (χ0n) is 14.5. The van der Waals surface area contributed by atoms with Gasteiger partial charge in [0.15, 0.2) is 6.61 Å². The molecule has 0 unspecified atom stereocenters. The summed E-state index contributed by atoms with van der Waals surface area (Å²) in [5.74, 6) is -0.170. The van der Waals surface area contributed by atoms with Crippen LogP contribution in [0.4, 0.5) is 10.1 Å². The highest BCUT2D eigenvalue weighted by atomic mass is 19.1. The second-order valence-corrected chi connectivity index (χ2v) is 6.68. The Morgan fingerprint density at radius 2 is 2.08 bits per heavy atom. The summed E-state index contributed by atoms with van der Waals surface area (Å²) in [6, 6.07) is 4.20. The molecule has 0 aliphatic heterocycles. The molecule has 2 atom stereocenters. The number of halogens is 1. The summed E-state index contributed by atoms with van der Waals surface area (Å²) < 4.78 is 19.4. The molecule has 5 nitrogen and oxygen atoms in total. The number of likely N-dealkylation sites (N-methyl/N-ethyl adjacent to an activating group) is 1. The number of ether oxygens (including phenoxy) is 1. The molecule has 1 aromatic carbocycles. The number of carbonyl (C=O) groups excluding carboxylic acids is 2. The van der Waals surface area contributed by atoms with Gasteiger partial charge in [0.1, 0.15) is 11.6 Å². The van der Waals surface area contributed by atoms with Gasteiger partial charge in [0.25, 0.3) is 5.91 Å². The van der Waals surface area contributed by atoms with E-state index in [9.17, 15) is 14.0 Å². The topological polar surface area (TPSA) is 58.6 Å². The fourth-order valence-corrected chi connectivity index (χ4v) is 2.87. The smallest absolute Gasteiger partial charge is 0.259 e. The molecule has 0 saturated heterocycles. The van der Waals surface area contributed by atoms with Crippen molar-refractivity contribution in [1.82, 2.24) is 4.90 Å². The van der Waals surface area contributed by atoms with Gasteiger partial charge in [-0.2, -0.15) is 0 Å². The highest BCUT2D eigenvalue weighted by molar-refractivity contribution is 5.92. The highest BCUT2D eigenvalue weighted by Crippen LogP contribution is 2.30. The third kappa shape index (κ3) is 4.94. The van der Waals surface area contributed by atoms with Crippen LogP contribution in [0.3, 0.4) is 0 Å². The van der Waals surface area contributed by atoms with E-state index in [2.05, 4.69) is 12.2 Å². The van der Waals surface area contributed by atoms with Gasteiger partial charge in [-0.15, -0.1) is 0 Å². The minimum atomic E-state index is -0.568. The molecule has 6 heteroatoms. The summed E-state index contributed by atoms with van der Waals surface area (Å²) in [6.45, 7) is 1.99. The fourth-order valence-electron chi connectivity index (χ4n) is 2.87. The Morgan fingerprint density at radius 1 is 1.33 bits per heavy atom. The zero-order chi connectivity index (χ0) is 17.7. The summed E-state index contributed by atoms with van der Waals surface area (Å²) >= 11 is 0. The Bertz CT molecular complexity index is 604. The number of hydrogen-bond acceptors (Lipinski definition) is 3. The van der Waals surface area contributed by atoms with E-state index in [1.807, 2.05) is 0 Å². The number of nitrogens with one attached hydrogen (secondary N) is 1. The highest BCUT2D eigenvalue weighted by Gasteiger charge is 2.25. The molecule has 1 aromatic rings. The fraction of sp³-hybridized carbons (Fsp3) is 0.556. The number of carbonyl (C=O) groups is 2. The van der Waals surface area contributed by atoms with Crippen molar-refractivity contribution in [3.05, 3.63) is 24.0 Å². The first-order valence-corrected chi connectivity index (χ1v) is 8.30. The Labute approximate surface area is 142 Å². The van der Waals surface area contributed by atoms with Gasteiger partial charge < -0.3 is 15.0 Å². The molecule has 0 radical (unpaired) electrons. The third-order valence-electron chi connectivity index (χ3n) is 4.37. The standard InChI is InChI=1S/C18H25FN2O3/c1-12-5-4-6-13(9-12)18(23)20-16-8-7-14(10-15(16)19)24-11-17(22)21(2)3/h7-8,10,12-13H,4-6,9,11H2,1-3H3,(H,20,23)/t12-,13-/m0/s1. The van der Waals surface area contributed by atoms with Crippen molar-refractivity contribution in [2.24, 2.45) is 11.8 Å². The molecule has 2 amide bonds. The van der Waals surface area contributed by atoms with Gasteiger partial charge in [-0.3, -0.25) is 9.59 Å². The van der Waals surface area contributed by atoms with Crippen LogP contribution in [0, 0.1) is 17.7 Å². The predicted molar refractivity (Wildman–Crippen MR) is 90.3 cm³/mol. The molecule has 0 aromatic heterocycles. The predicted octanol–water partition coefficient (Wildman–Crippen LogP) is 3.06. The van der Waals surface area contributed by atoms with Crippen molar-refractivity contribution in [3.8, 4) is 5.75 Å². The van der Waals surface area contributed by atoms with Gasteiger partial charge >= 0.3 is 0 Å². The molecule has 1 N–H and O–H groups in total. The molecule has 0 heterocycles. The molecule has 2 rings (SSSR count). The summed E-state index contributed by atoms with van der Waals surface area (Å²) in [7, 11) is 3.24. The van der Waals surface area contributed by atoms with Crippen LogP contribution in [-0.4, -0.2) is 37.4 Å². The molecular weight excluding hydrogens is 311 g/mol. The Hall–Kier alpha value is -2.11.